The topological polar surface area (TPSA) is 176 Å². The minimum atomic E-state index is -2.52. The highest BCUT2D eigenvalue weighted by Crippen LogP contribution is 2.55. The molecule has 1 aromatic carbocycles. The molecule has 6 N–H and O–H groups in total. The van der Waals surface area contributed by atoms with Crippen molar-refractivity contribution < 1.29 is 39.2 Å². The Morgan fingerprint density at radius 2 is 1.94 bits per heavy atom. The van der Waals surface area contributed by atoms with Gasteiger partial charge in [0.15, 0.2) is 17.2 Å². The molecule has 1 aliphatic heterocycles. The Hall–Kier alpha value is -2.95. The minimum absolute atomic E-state index is 0.0647. The third kappa shape index (κ3) is 2.66. The number of carbonyl (C=O) groups is 4. The summed E-state index contributed by atoms with van der Waals surface area (Å²) in [5, 5.41) is 34.8. The Labute approximate surface area is 187 Å². The summed E-state index contributed by atoms with van der Waals surface area (Å²) in [4.78, 5) is 50.3. The molecule has 4 rings (SSSR count). The molecule has 3 aliphatic rings. The maximum Gasteiger partial charge on any atom is 0.343 e. The molecule has 1 saturated carbocycles. The van der Waals surface area contributed by atoms with Crippen LogP contribution in [-0.2, 0) is 24.7 Å². The van der Waals surface area contributed by atoms with Crippen molar-refractivity contribution >= 4 is 35.0 Å². The van der Waals surface area contributed by atoms with Gasteiger partial charge in [-0.05, 0) is 32.5 Å². The van der Waals surface area contributed by atoms with Gasteiger partial charge in [0.2, 0.25) is 0 Å². The van der Waals surface area contributed by atoms with Gasteiger partial charge in [0, 0.05) is 28.8 Å². The zero-order chi connectivity index (χ0) is 23.7. The van der Waals surface area contributed by atoms with E-state index in [4.69, 9.17) is 22.1 Å². The number of benzene rings is 1. The average molecular weight is 465 g/mol. The monoisotopic (exact) mass is 464 g/mol. The highest BCUT2D eigenvalue weighted by atomic mass is 35.5. The van der Waals surface area contributed by atoms with Gasteiger partial charge in [-0.2, -0.15) is 0 Å². The number of phenolic OH excluding ortho intramolecular Hbond substituents is 1. The van der Waals surface area contributed by atoms with Crippen LogP contribution in [0.5, 0.6) is 5.75 Å². The van der Waals surface area contributed by atoms with Crippen molar-refractivity contribution in [3.8, 4) is 5.75 Å². The number of phenols is 1. The van der Waals surface area contributed by atoms with Crippen LogP contribution in [0, 0.1) is 11.8 Å². The molecule has 5 atom stereocenters. The largest absolute Gasteiger partial charge is 0.508 e. The number of cyclic esters (lactones) is 1. The molecular weight excluding hydrogens is 444 g/mol. The zero-order valence-electron chi connectivity index (χ0n) is 17.1. The van der Waals surface area contributed by atoms with Gasteiger partial charge in [-0.3, -0.25) is 14.4 Å². The maximum atomic E-state index is 13.2. The number of primary amides is 1. The van der Waals surface area contributed by atoms with Crippen LogP contribution in [0.25, 0.3) is 0 Å². The van der Waals surface area contributed by atoms with E-state index in [1.165, 1.54) is 26.1 Å². The second-order valence-electron chi connectivity index (χ2n) is 8.46. The molecule has 0 radical (unpaired) electrons. The molecule has 170 valence electrons. The van der Waals surface area contributed by atoms with Gasteiger partial charge in [0.25, 0.3) is 5.91 Å². The van der Waals surface area contributed by atoms with Crippen LogP contribution < -0.4 is 11.1 Å². The molecule has 2 aliphatic carbocycles. The van der Waals surface area contributed by atoms with E-state index in [-0.39, 0.29) is 34.7 Å². The van der Waals surface area contributed by atoms with E-state index >= 15 is 0 Å². The van der Waals surface area contributed by atoms with E-state index in [0.717, 1.165) is 0 Å². The van der Waals surface area contributed by atoms with E-state index in [0.29, 0.717) is 0 Å². The van der Waals surface area contributed by atoms with Crippen LogP contribution >= 0.6 is 11.6 Å². The van der Waals surface area contributed by atoms with E-state index in [1.54, 1.807) is 0 Å². The molecular formula is C21H21ClN2O8. The molecule has 11 heteroatoms. The zero-order valence-corrected chi connectivity index (χ0v) is 17.9. The van der Waals surface area contributed by atoms with Gasteiger partial charge in [-0.25, -0.2) is 4.79 Å². The van der Waals surface area contributed by atoms with Crippen molar-refractivity contribution in [1.82, 2.24) is 5.32 Å². The first-order valence-electron chi connectivity index (χ1n) is 9.85. The number of nitrogens with one attached hydrogen (secondary N) is 1. The van der Waals surface area contributed by atoms with Crippen molar-refractivity contribution in [3.63, 3.8) is 0 Å². The summed E-state index contributed by atoms with van der Waals surface area (Å²) in [6.07, 6.45) is -0.437. The summed E-state index contributed by atoms with van der Waals surface area (Å²) in [5.41, 5.74) is 0.500. The molecule has 32 heavy (non-hydrogen) atoms. The van der Waals surface area contributed by atoms with Gasteiger partial charge >= 0.3 is 5.97 Å². The van der Waals surface area contributed by atoms with Crippen molar-refractivity contribution in [2.45, 2.75) is 37.0 Å². The van der Waals surface area contributed by atoms with E-state index in [1.807, 2.05) is 0 Å². The third-order valence-corrected chi connectivity index (χ3v) is 7.25. The number of halogens is 1. The highest BCUT2D eigenvalue weighted by molar-refractivity contribution is 6.32. The van der Waals surface area contributed by atoms with Gasteiger partial charge in [-0.1, -0.05) is 11.6 Å². The predicted octanol–water partition coefficient (Wildman–Crippen LogP) is 0.226. The van der Waals surface area contributed by atoms with Crippen molar-refractivity contribution in [3.05, 3.63) is 39.6 Å². The Balaban J connectivity index is 1.84. The second-order valence-corrected chi connectivity index (χ2v) is 8.87. The average Bonchev–Trinajstić information content (AvgIpc) is 3.00. The Kier molecular flexibility index (Phi) is 4.89. The number of ketones is 2. The first kappa shape index (κ1) is 22.3. The van der Waals surface area contributed by atoms with Crippen molar-refractivity contribution in [1.29, 1.82) is 0 Å². The number of esters is 1. The Morgan fingerprint density at radius 1 is 1.28 bits per heavy atom. The first-order chi connectivity index (χ1) is 14.9. The van der Waals surface area contributed by atoms with Crippen LogP contribution in [0.1, 0.15) is 35.7 Å². The molecule has 0 saturated heterocycles. The fraction of sp³-hybridized carbons (Fsp3) is 0.429. The maximum absolute atomic E-state index is 13.2. The molecule has 0 spiro atoms. The minimum Gasteiger partial charge on any atom is -0.508 e. The van der Waals surface area contributed by atoms with Gasteiger partial charge in [0.1, 0.15) is 28.2 Å². The molecule has 1 fully saturated rings. The summed E-state index contributed by atoms with van der Waals surface area (Å²) < 4.78 is 5.59. The third-order valence-electron chi connectivity index (χ3n) is 6.94. The predicted molar refractivity (Wildman–Crippen MR) is 109 cm³/mol. The number of rotatable bonds is 3. The lowest BCUT2D eigenvalue weighted by Gasteiger charge is -2.49. The number of nitrogens with two attached hydrogens (primary N) is 1. The number of aliphatic hydroxyl groups is 2. The highest BCUT2D eigenvalue weighted by Gasteiger charge is 2.64. The van der Waals surface area contributed by atoms with E-state index < -0.39 is 63.9 Å². The number of aliphatic hydroxyl groups excluding tert-OH is 1. The number of hydrogen-bond donors (Lipinski definition) is 5. The van der Waals surface area contributed by atoms with Crippen LogP contribution in [0.15, 0.2) is 23.5 Å². The molecule has 10 nitrogen and oxygen atoms in total. The fourth-order valence-electron chi connectivity index (χ4n) is 5.31. The number of aromatic hydroxyl groups is 1. The van der Waals surface area contributed by atoms with Gasteiger partial charge in [0.05, 0.1) is 6.04 Å². The molecule has 0 unspecified atom stereocenters. The summed E-state index contributed by atoms with van der Waals surface area (Å²) in [6.45, 7) is 1.54. The lowest BCUT2D eigenvalue weighted by molar-refractivity contribution is -0.163. The summed E-state index contributed by atoms with van der Waals surface area (Å²) >= 11 is 6.32. The van der Waals surface area contributed by atoms with Gasteiger partial charge in [-0.15, -0.1) is 0 Å². The quantitative estimate of drug-likeness (QED) is 0.309. The number of carbonyl (C=O) groups excluding carboxylic acids is 4. The van der Waals surface area contributed by atoms with Crippen LogP contribution in [0.2, 0.25) is 5.02 Å². The Bertz CT molecular complexity index is 1130. The molecule has 1 aromatic rings. The molecule has 0 bridgehead atoms. The van der Waals surface area contributed by atoms with Crippen LogP contribution in [0.3, 0.4) is 0 Å². The Morgan fingerprint density at radius 3 is 2.53 bits per heavy atom. The molecule has 1 amide bonds. The number of Topliss-reactive ketones (excluding diaryl/α,β-unsaturated/α-hetero) is 2. The summed E-state index contributed by atoms with van der Waals surface area (Å²) in [6, 6.07) is 1.43. The molecule has 1 heterocycles. The number of fused-ring (bicyclic) bond motifs is 2. The van der Waals surface area contributed by atoms with Crippen molar-refractivity contribution in [2.75, 3.05) is 7.05 Å². The summed E-state index contributed by atoms with van der Waals surface area (Å²) in [5.74, 6) is -7.16. The van der Waals surface area contributed by atoms with E-state index in [2.05, 4.69) is 5.32 Å². The van der Waals surface area contributed by atoms with Crippen LogP contribution in [-0.4, -0.2) is 57.5 Å². The standard InChI is InChI=1S/C21H21ClN2O8/c1-20(14-9(22)3-4-10(25)12(14)19(30)32-20)7-5-8-15(24-2)16(27)13(18(23)29)17(28)21(8,31)11(26)6-7/h3-4,7-8,15,24-25,28,31H,5-6H2,1-2H3,(H2,23,29)/t7-,8-,15-,20-,21-/m0/s1. The summed E-state index contributed by atoms with van der Waals surface area (Å²) in [7, 11) is 1.40. The van der Waals surface area contributed by atoms with Gasteiger partial charge < -0.3 is 31.1 Å². The smallest absolute Gasteiger partial charge is 0.343 e. The normalized spacial score (nSPS) is 34.2. The fourth-order valence-corrected chi connectivity index (χ4v) is 5.65. The number of hydrogen-bond acceptors (Lipinski definition) is 9. The lowest BCUT2D eigenvalue weighted by Crippen LogP contribution is -2.65. The number of likely N-dealkylation sites (N-methyl/N-ethyl adjacent to an activating group) is 1. The SMILES string of the molecule is CN[C@@H]1C(=O)C(C(N)=O)=C(O)[C@@]2(O)C(=O)C[C@@H]([C@]3(C)OC(=O)c4c(O)ccc(Cl)c43)C[C@@H]12. The first-order valence-corrected chi connectivity index (χ1v) is 10.2. The second kappa shape index (κ2) is 7.03. The lowest BCUT2D eigenvalue weighted by atomic mass is 9.58. The van der Waals surface area contributed by atoms with Crippen LogP contribution in [0.4, 0.5) is 0 Å². The van der Waals surface area contributed by atoms with E-state index in [9.17, 15) is 34.5 Å². The molecule has 0 aromatic heterocycles. The number of amides is 1. The van der Waals surface area contributed by atoms with Crippen molar-refractivity contribution in [2.24, 2.45) is 17.6 Å². The number of ether oxygens (including phenoxy) is 1.